The molecule has 2 aromatic heterocycles. The summed E-state index contributed by atoms with van der Waals surface area (Å²) in [6, 6.07) is 3.14. The summed E-state index contributed by atoms with van der Waals surface area (Å²) in [6.07, 6.45) is 1.46. The fourth-order valence-corrected chi connectivity index (χ4v) is 3.33. The second-order valence-corrected chi connectivity index (χ2v) is 7.27. The third kappa shape index (κ3) is 3.71. The molecule has 0 atom stereocenters. The molecule has 0 aliphatic rings. The quantitative estimate of drug-likeness (QED) is 0.779. The van der Waals surface area contributed by atoms with Crippen LogP contribution >= 0.6 is 27.3 Å². The van der Waals surface area contributed by atoms with Gasteiger partial charge in [-0.05, 0) is 28.1 Å². The molecule has 0 spiro atoms. The Kier molecular flexibility index (Phi) is 4.30. The number of carbonyl (C=O) groups is 1. The van der Waals surface area contributed by atoms with Gasteiger partial charge in [0.1, 0.15) is 5.82 Å². The molecule has 0 aromatic carbocycles. The molecule has 0 aliphatic heterocycles. The fourth-order valence-electron chi connectivity index (χ4n) is 1.14. The van der Waals surface area contributed by atoms with E-state index in [0.717, 1.165) is 15.8 Å². The summed E-state index contributed by atoms with van der Waals surface area (Å²) in [6.45, 7) is 1.29. The van der Waals surface area contributed by atoms with E-state index < -0.39 is 10.0 Å². The zero-order chi connectivity index (χ0) is 14.8. The zero-order valence-electron chi connectivity index (χ0n) is 9.99. The third-order valence-electron chi connectivity index (χ3n) is 1.89. The van der Waals surface area contributed by atoms with E-state index in [1.807, 2.05) is 0 Å². The number of anilines is 2. The fraction of sp³-hybridized carbons (Fsp3) is 0.111. The Bertz CT molecular complexity index is 728. The minimum absolute atomic E-state index is 0.113. The van der Waals surface area contributed by atoms with Crippen LogP contribution in [0.4, 0.5) is 10.9 Å². The Balaban J connectivity index is 2.19. The number of hydrogen-bond acceptors (Lipinski definition) is 7. The molecule has 0 bridgehead atoms. The average molecular weight is 378 g/mol. The van der Waals surface area contributed by atoms with Crippen LogP contribution in [0.5, 0.6) is 0 Å². The molecule has 0 saturated heterocycles. The summed E-state index contributed by atoms with van der Waals surface area (Å²) in [5.41, 5.74) is 0. The number of pyridine rings is 1. The lowest BCUT2D eigenvalue weighted by molar-refractivity contribution is -0.114. The lowest BCUT2D eigenvalue weighted by Gasteiger charge is -2.03. The number of nitrogens with one attached hydrogen (secondary N) is 2. The zero-order valence-corrected chi connectivity index (χ0v) is 13.2. The van der Waals surface area contributed by atoms with Gasteiger partial charge >= 0.3 is 0 Å². The van der Waals surface area contributed by atoms with Gasteiger partial charge in [-0.1, -0.05) is 11.3 Å². The van der Waals surface area contributed by atoms with E-state index in [1.54, 1.807) is 6.07 Å². The van der Waals surface area contributed by atoms with Crippen LogP contribution in [0, 0.1) is 0 Å². The van der Waals surface area contributed by atoms with E-state index in [-0.39, 0.29) is 21.2 Å². The maximum Gasteiger partial charge on any atom is 0.292 e. The topological polar surface area (TPSA) is 114 Å². The van der Waals surface area contributed by atoms with Crippen molar-refractivity contribution in [3.05, 3.63) is 22.8 Å². The van der Waals surface area contributed by atoms with Crippen LogP contribution in [0.3, 0.4) is 0 Å². The molecule has 0 aliphatic carbocycles. The molecule has 0 saturated carbocycles. The molecule has 8 nitrogen and oxygen atoms in total. The number of aromatic nitrogens is 3. The summed E-state index contributed by atoms with van der Waals surface area (Å²) in [5.74, 6) is -0.197. The summed E-state index contributed by atoms with van der Waals surface area (Å²) in [5, 5.41) is 9.56. The molecule has 0 fully saturated rings. The first-order valence-electron chi connectivity index (χ1n) is 5.12. The lowest BCUT2D eigenvalue weighted by atomic mass is 10.5. The summed E-state index contributed by atoms with van der Waals surface area (Å²) in [4.78, 5) is 14.7. The van der Waals surface area contributed by atoms with Crippen LogP contribution in [-0.2, 0) is 14.8 Å². The van der Waals surface area contributed by atoms with Crippen molar-refractivity contribution in [3.8, 4) is 0 Å². The van der Waals surface area contributed by atoms with Gasteiger partial charge in [0.05, 0.1) is 0 Å². The highest BCUT2D eigenvalue weighted by Crippen LogP contribution is 2.22. The first-order chi connectivity index (χ1) is 9.37. The summed E-state index contributed by atoms with van der Waals surface area (Å²) in [7, 11) is -3.88. The predicted octanol–water partition coefficient (Wildman–Crippen LogP) is 1.45. The van der Waals surface area contributed by atoms with Crippen molar-refractivity contribution in [1.29, 1.82) is 0 Å². The maximum atomic E-state index is 12.0. The van der Waals surface area contributed by atoms with Crippen LogP contribution in [0.1, 0.15) is 6.92 Å². The van der Waals surface area contributed by atoms with Crippen molar-refractivity contribution >= 4 is 54.1 Å². The minimum atomic E-state index is -3.88. The molecule has 2 N–H and O–H groups in total. The number of halogens is 1. The van der Waals surface area contributed by atoms with Crippen molar-refractivity contribution in [2.24, 2.45) is 0 Å². The molecule has 20 heavy (non-hydrogen) atoms. The highest BCUT2D eigenvalue weighted by Gasteiger charge is 2.21. The monoisotopic (exact) mass is 377 g/mol. The minimum Gasteiger partial charge on any atom is -0.301 e. The Morgan fingerprint density at radius 2 is 2.10 bits per heavy atom. The Hall–Kier alpha value is -1.59. The molecule has 0 radical (unpaired) electrons. The van der Waals surface area contributed by atoms with Crippen LogP contribution in [0.2, 0.25) is 0 Å². The maximum absolute atomic E-state index is 12.0. The van der Waals surface area contributed by atoms with Crippen LogP contribution in [0.15, 0.2) is 27.1 Å². The number of nitrogens with zero attached hydrogens (tertiary/aromatic N) is 3. The highest BCUT2D eigenvalue weighted by molar-refractivity contribution is 9.10. The number of amides is 1. The average Bonchev–Trinajstić information content (AvgIpc) is 2.80. The molecular formula is C9H8BrN5O3S2. The molecule has 106 valence electrons. The molecule has 2 aromatic rings. The smallest absolute Gasteiger partial charge is 0.292 e. The van der Waals surface area contributed by atoms with E-state index >= 15 is 0 Å². The Labute approximate surface area is 126 Å². The van der Waals surface area contributed by atoms with Gasteiger partial charge in [-0.15, -0.1) is 10.2 Å². The molecule has 2 heterocycles. The predicted molar refractivity (Wildman–Crippen MR) is 77.0 cm³/mol. The van der Waals surface area contributed by atoms with E-state index in [9.17, 15) is 13.2 Å². The van der Waals surface area contributed by atoms with Gasteiger partial charge in [-0.3, -0.25) is 9.52 Å². The second kappa shape index (κ2) is 5.81. The van der Waals surface area contributed by atoms with E-state index in [0.29, 0.717) is 0 Å². The Morgan fingerprint density at radius 3 is 2.70 bits per heavy atom. The number of sulfonamides is 1. The number of rotatable bonds is 4. The van der Waals surface area contributed by atoms with Gasteiger partial charge in [-0.25, -0.2) is 4.98 Å². The molecule has 1 amide bonds. The van der Waals surface area contributed by atoms with Gasteiger partial charge in [0.25, 0.3) is 14.4 Å². The standard InChI is InChI=1S/C9H8BrN5O3S2/c1-5(16)12-8-13-14-9(19-8)20(17,18)15-7-3-2-6(10)4-11-7/h2-4H,1H3,(H,11,15)(H,12,13,16). The number of hydrogen-bond donors (Lipinski definition) is 2. The summed E-state index contributed by atoms with van der Waals surface area (Å²) < 4.78 is 26.8. The van der Waals surface area contributed by atoms with Crippen molar-refractivity contribution in [1.82, 2.24) is 15.2 Å². The first kappa shape index (κ1) is 14.8. The van der Waals surface area contributed by atoms with Crippen molar-refractivity contribution in [2.45, 2.75) is 11.3 Å². The van der Waals surface area contributed by atoms with Crippen LogP contribution in [-0.4, -0.2) is 29.5 Å². The SMILES string of the molecule is CC(=O)Nc1nnc(S(=O)(=O)Nc2ccc(Br)cn2)s1. The lowest BCUT2D eigenvalue weighted by Crippen LogP contribution is -2.13. The molecule has 11 heteroatoms. The van der Waals surface area contributed by atoms with Gasteiger partial charge in [0, 0.05) is 17.6 Å². The number of carbonyl (C=O) groups excluding carboxylic acids is 1. The second-order valence-electron chi connectivity index (χ2n) is 3.52. The third-order valence-corrected chi connectivity index (χ3v) is 4.92. The van der Waals surface area contributed by atoms with E-state index in [1.165, 1.54) is 19.2 Å². The first-order valence-corrected chi connectivity index (χ1v) is 8.21. The van der Waals surface area contributed by atoms with Crippen molar-refractivity contribution in [3.63, 3.8) is 0 Å². The van der Waals surface area contributed by atoms with Crippen LogP contribution in [0.25, 0.3) is 0 Å². The van der Waals surface area contributed by atoms with Gasteiger partial charge < -0.3 is 5.32 Å². The van der Waals surface area contributed by atoms with E-state index in [4.69, 9.17) is 0 Å². The normalized spacial score (nSPS) is 11.1. The van der Waals surface area contributed by atoms with E-state index in [2.05, 4.69) is 41.2 Å². The van der Waals surface area contributed by atoms with Crippen molar-refractivity contribution < 1.29 is 13.2 Å². The van der Waals surface area contributed by atoms with Gasteiger partial charge in [0.15, 0.2) is 0 Å². The largest absolute Gasteiger partial charge is 0.301 e. The summed E-state index contributed by atoms with van der Waals surface area (Å²) >= 11 is 3.94. The Morgan fingerprint density at radius 1 is 1.35 bits per heavy atom. The van der Waals surface area contributed by atoms with Gasteiger partial charge in [-0.2, -0.15) is 8.42 Å². The van der Waals surface area contributed by atoms with Crippen molar-refractivity contribution in [2.75, 3.05) is 10.0 Å². The van der Waals surface area contributed by atoms with Crippen LogP contribution < -0.4 is 10.0 Å². The van der Waals surface area contributed by atoms with Gasteiger partial charge in [0.2, 0.25) is 11.0 Å². The molecule has 2 rings (SSSR count). The molecular weight excluding hydrogens is 370 g/mol. The molecule has 0 unspecified atom stereocenters. The highest BCUT2D eigenvalue weighted by atomic mass is 79.9.